The highest BCUT2D eigenvalue weighted by Gasteiger charge is 2.08. The third kappa shape index (κ3) is 2.43. The van der Waals surface area contributed by atoms with Gasteiger partial charge in [-0.1, -0.05) is 23.8 Å². The van der Waals surface area contributed by atoms with Gasteiger partial charge >= 0.3 is 0 Å². The molecule has 3 rings (SSSR count). The summed E-state index contributed by atoms with van der Waals surface area (Å²) in [5.74, 6) is 0.993. The summed E-state index contributed by atoms with van der Waals surface area (Å²) in [6, 6.07) is 12.5. The van der Waals surface area contributed by atoms with Gasteiger partial charge in [-0.05, 0) is 53.5 Å². The van der Waals surface area contributed by atoms with Crippen LogP contribution in [0.5, 0.6) is 0 Å². The van der Waals surface area contributed by atoms with Gasteiger partial charge in [0.1, 0.15) is 10.4 Å². The van der Waals surface area contributed by atoms with Gasteiger partial charge in [-0.2, -0.15) is 0 Å². The fourth-order valence-electron chi connectivity index (χ4n) is 2.37. The first-order valence-electron chi connectivity index (χ1n) is 6.58. The van der Waals surface area contributed by atoms with E-state index in [1.807, 2.05) is 18.3 Å². The van der Waals surface area contributed by atoms with Crippen molar-refractivity contribution in [1.82, 2.24) is 9.38 Å². The lowest BCUT2D eigenvalue weighted by Crippen LogP contribution is -2.05. The van der Waals surface area contributed by atoms with E-state index in [4.69, 9.17) is 0 Å². The molecule has 0 bridgehead atoms. The molecule has 0 amide bonds. The molecule has 0 unspecified atom stereocenters. The summed E-state index contributed by atoms with van der Waals surface area (Å²) in [4.78, 5) is 4.57. The van der Waals surface area contributed by atoms with Crippen molar-refractivity contribution < 1.29 is 0 Å². The number of benzene rings is 1. The van der Waals surface area contributed by atoms with E-state index in [2.05, 4.69) is 68.7 Å². The van der Waals surface area contributed by atoms with Gasteiger partial charge in [0.2, 0.25) is 0 Å². The zero-order valence-electron chi connectivity index (χ0n) is 11.5. The van der Waals surface area contributed by atoms with Crippen LogP contribution < -0.4 is 5.32 Å². The molecule has 0 saturated heterocycles. The van der Waals surface area contributed by atoms with Gasteiger partial charge in [-0.15, -0.1) is 0 Å². The molecule has 0 spiro atoms. The van der Waals surface area contributed by atoms with Gasteiger partial charge in [0.25, 0.3) is 0 Å². The average molecular weight is 330 g/mol. The van der Waals surface area contributed by atoms with Gasteiger partial charge in [-0.3, -0.25) is 0 Å². The molecule has 4 heteroatoms. The number of fused-ring (bicyclic) bond motifs is 1. The number of aryl methyl sites for hydroxylation is 2. The predicted molar refractivity (Wildman–Crippen MR) is 86.1 cm³/mol. The first-order valence-corrected chi connectivity index (χ1v) is 7.37. The van der Waals surface area contributed by atoms with Crippen molar-refractivity contribution in [2.45, 2.75) is 20.4 Å². The van der Waals surface area contributed by atoms with Crippen molar-refractivity contribution in [1.29, 1.82) is 0 Å². The van der Waals surface area contributed by atoms with Gasteiger partial charge in [0, 0.05) is 11.9 Å². The van der Waals surface area contributed by atoms with Crippen molar-refractivity contribution in [2.75, 3.05) is 5.32 Å². The van der Waals surface area contributed by atoms with Gasteiger partial charge in [0.05, 0.1) is 12.1 Å². The van der Waals surface area contributed by atoms with E-state index in [1.54, 1.807) is 0 Å². The smallest absolute Gasteiger partial charge is 0.134 e. The number of hydrogen-bond donors (Lipinski definition) is 1. The number of anilines is 1. The third-order valence-corrected chi connectivity index (χ3v) is 3.98. The summed E-state index contributed by atoms with van der Waals surface area (Å²) in [5, 5.41) is 3.46. The van der Waals surface area contributed by atoms with E-state index in [-0.39, 0.29) is 0 Å². The first-order chi connectivity index (χ1) is 9.65. The lowest BCUT2D eigenvalue weighted by Gasteiger charge is -2.09. The molecular formula is C16H16BrN3. The zero-order valence-corrected chi connectivity index (χ0v) is 13.1. The Morgan fingerprint density at radius 3 is 2.85 bits per heavy atom. The Kier molecular flexibility index (Phi) is 3.49. The minimum atomic E-state index is 0.695. The quantitative estimate of drug-likeness (QED) is 0.775. The molecule has 3 nitrogen and oxygen atoms in total. The number of hydrogen-bond acceptors (Lipinski definition) is 2. The van der Waals surface area contributed by atoms with Crippen LogP contribution in [0.3, 0.4) is 0 Å². The summed E-state index contributed by atoms with van der Waals surface area (Å²) < 4.78 is 2.98. The van der Waals surface area contributed by atoms with Crippen molar-refractivity contribution >= 4 is 27.1 Å². The molecule has 3 aromatic rings. The van der Waals surface area contributed by atoms with Crippen molar-refractivity contribution in [3.63, 3.8) is 0 Å². The Morgan fingerprint density at radius 1 is 1.20 bits per heavy atom. The monoisotopic (exact) mass is 329 g/mol. The average Bonchev–Trinajstić information content (AvgIpc) is 2.75. The molecule has 0 fully saturated rings. The maximum Gasteiger partial charge on any atom is 0.134 e. The number of imidazole rings is 1. The second kappa shape index (κ2) is 5.29. The minimum absolute atomic E-state index is 0.695. The third-order valence-electron chi connectivity index (χ3n) is 3.40. The molecule has 0 atom stereocenters. The molecule has 0 aliphatic carbocycles. The molecule has 1 N–H and O–H groups in total. The van der Waals surface area contributed by atoms with E-state index in [1.165, 1.54) is 11.1 Å². The molecule has 102 valence electrons. The Morgan fingerprint density at radius 2 is 2.05 bits per heavy atom. The van der Waals surface area contributed by atoms with E-state index < -0.39 is 0 Å². The Bertz CT molecular complexity index is 762. The maximum absolute atomic E-state index is 4.57. The minimum Gasteiger partial charge on any atom is -0.378 e. The van der Waals surface area contributed by atoms with Crippen molar-refractivity contribution in [2.24, 2.45) is 0 Å². The zero-order chi connectivity index (χ0) is 14.1. The number of nitrogens with one attached hydrogen (secondary N) is 1. The van der Waals surface area contributed by atoms with Crippen LogP contribution in [-0.4, -0.2) is 9.38 Å². The Labute approximate surface area is 126 Å². The van der Waals surface area contributed by atoms with Crippen LogP contribution in [0, 0.1) is 13.8 Å². The highest BCUT2D eigenvalue weighted by Crippen LogP contribution is 2.20. The topological polar surface area (TPSA) is 29.3 Å². The summed E-state index contributed by atoms with van der Waals surface area (Å²) >= 11 is 3.51. The lowest BCUT2D eigenvalue weighted by molar-refractivity contribution is 0.938. The first kappa shape index (κ1) is 13.2. The molecule has 20 heavy (non-hydrogen) atoms. The van der Waals surface area contributed by atoms with E-state index in [0.29, 0.717) is 6.54 Å². The van der Waals surface area contributed by atoms with Crippen LogP contribution in [0.2, 0.25) is 0 Å². The largest absolute Gasteiger partial charge is 0.378 e. The summed E-state index contributed by atoms with van der Waals surface area (Å²) in [6.45, 7) is 4.92. The standard InChI is InChI=1S/C16H16BrN3/c1-11-6-7-13(12(2)9-11)18-10-15-19-16(17)14-5-3-4-8-20(14)15/h3-9,18H,10H2,1-2H3. The fourth-order valence-corrected chi connectivity index (χ4v) is 2.90. The van der Waals surface area contributed by atoms with Gasteiger partial charge in [-0.25, -0.2) is 4.98 Å². The van der Waals surface area contributed by atoms with E-state index >= 15 is 0 Å². The van der Waals surface area contributed by atoms with Crippen molar-refractivity contribution in [3.8, 4) is 0 Å². The molecule has 1 aromatic carbocycles. The highest BCUT2D eigenvalue weighted by atomic mass is 79.9. The van der Waals surface area contributed by atoms with E-state index in [9.17, 15) is 0 Å². The van der Waals surface area contributed by atoms with Gasteiger partial charge < -0.3 is 9.72 Å². The Hall–Kier alpha value is -1.81. The van der Waals surface area contributed by atoms with E-state index in [0.717, 1.165) is 21.6 Å². The molecule has 2 aromatic heterocycles. The number of pyridine rings is 1. The molecular weight excluding hydrogens is 314 g/mol. The second-order valence-corrected chi connectivity index (χ2v) is 5.70. The fraction of sp³-hybridized carbons (Fsp3) is 0.188. The molecule has 0 aliphatic heterocycles. The molecule has 2 heterocycles. The molecule has 0 radical (unpaired) electrons. The van der Waals surface area contributed by atoms with Crippen LogP contribution in [0.4, 0.5) is 5.69 Å². The van der Waals surface area contributed by atoms with Crippen LogP contribution >= 0.6 is 15.9 Å². The maximum atomic E-state index is 4.57. The van der Waals surface area contributed by atoms with Crippen molar-refractivity contribution in [3.05, 3.63) is 64.1 Å². The predicted octanol–water partition coefficient (Wildman–Crippen LogP) is 4.33. The van der Waals surface area contributed by atoms with Crippen LogP contribution in [-0.2, 0) is 6.54 Å². The number of aromatic nitrogens is 2. The summed E-state index contributed by atoms with van der Waals surface area (Å²) in [6.07, 6.45) is 2.03. The molecule has 0 saturated carbocycles. The number of nitrogens with zero attached hydrogens (tertiary/aromatic N) is 2. The van der Waals surface area contributed by atoms with Crippen LogP contribution in [0.25, 0.3) is 5.52 Å². The lowest BCUT2D eigenvalue weighted by atomic mass is 10.1. The van der Waals surface area contributed by atoms with Crippen LogP contribution in [0.1, 0.15) is 17.0 Å². The summed E-state index contributed by atoms with van der Waals surface area (Å²) in [5.41, 5.74) is 4.77. The molecule has 0 aliphatic rings. The number of rotatable bonds is 3. The Balaban J connectivity index is 1.87. The van der Waals surface area contributed by atoms with Crippen LogP contribution in [0.15, 0.2) is 47.2 Å². The second-order valence-electron chi connectivity index (χ2n) is 4.95. The SMILES string of the molecule is Cc1ccc(NCc2nc(Br)c3ccccn23)c(C)c1. The normalized spacial score (nSPS) is 10.9. The van der Waals surface area contributed by atoms with Gasteiger partial charge in [0.15, 0.2) is 0 Å². The number of halogens is 1. The summed E-state index contributed by atoms with van der Waals surface area (Å²) in [7, 11) is 0. The highest BCUT2D eigenvalue weighted by molar-refractivity contribution is 9.10.